The van der Waals surface area contributed by atoms with Gasteiger partial charge in [-0.1, -0.05) is 0 Å². The van der Waals surface area contributed by atoms with Crippen molar-refractivity contribution in [3.8, 4) is 0 Å². The van der Waals surface area contributed by atoms with Crippen LogP contribution in [0.4, 0.5) is 0 Å². The van der Waals surface area contributed by atoms with Gasteiger partial charge in [-0.3, -0.25) is 6.04 Å². The van der Waals surface area contributed by atoms with Gasteiger partial charge in [0, 0.05) is 0 Å². The number of hydrogen-bond donors (Lipinski definition) is 1. The van der Waals surface area contributed by atoms with Gasteiger partial charge in [0.05, 0.1) is 0 Å². The molecule has 0 aliphatic rings. The molecule has 0 aromatic carbocycles. The van der Waals surface area contributed by atoms with Gasteiger partial charge in [-0.15, -0.1) is 0 Å². The molecule has 0 unspecified atom stereocenters. The third-order valence-corrected chi connectivity index (χ3v) is 0. The van der Waals surface area contributed by atoms with Crippen LogP contribution < -0.4 is 5.73 Å². The Balaban J connectivity index is 0. The zero-order valence-electron chi connectivity index (χ0n) is 3.38. The number of hydrogen-bond acceptors (Lipinski definition) is 1. The molecule has 0 atom stereocenters. The molecule has 0 rings (SSSR count). The minimum atomic E-state index is 0. The smallest absolute Gasteiger partial charge is 0.481 e. The fourth-order valence-corrected chi connectivity index (χ4v) is 0. The first kappa shape index (κ1) is 9.08. The van der Waals surface area contributed by atoms with E-state index < -0.39 is 0 Å². The molecular weight excluding hydrogens is 114 g/mol. The number of nitrogens with two attached hydrogens (primary N) is 1. The quantitative estimate of drug-likeness (QED) is 0.367. The topological polar surface area (TPSA) is 26.0 Å². The average Bonchev–Trinajstić information content (AvgIpc) is 0.811. The molecule has 0 saturated heterocycles. The maximum Gasteiger partial charge on any atom is 1.00 e. The summed E-state index contributed by atoms with van der Waals surface area (Å²) in [6, 6.07) is 0.917. The van der Waals surface area contributed by atoms with E-state index in [4.69, 9.17) is 5.73 Å². The minimum Gasteiger partial charge on any atom is -0.481 e. The second-order valence-corrected chi connectivity index (χ2v) is 1.08. The summed E-state index contributed by atoms with van der Waals surface area (Å²) in [7, 11) is 0. The predicted molar refractivity (Wildman–Crippen MR) is 18.8 cm³/mol. The van der Waals surface area contributed by atoms with Crippen LogP contribution in [-0.4, -0.2) is 0 Å². The van der Waals surface area contributed by atoms with E-state index in [1.165, 1.54) is 0 Å². The van der Waals surface area contributed by atoms with Crippen molar-refractivity contribution >= 4 is 0 Å². The maximum atomic E-state index is 5.03. The maximum absolute atomic E-state index is 5.03. The zero-order valence-corrected chi connectivity index (χ0v) is 4.32. The van der Waals surface area contributed by atoms with E-state index in [1.54, 1.807) is 0 Å². The van der Waals surface area contributed by atoms with Crippen LogP contribution in [0.2, 0.25) is 0 Å². The molecule has 0 amide bonds. The van der Waals surface area contributed by atoms with Gasteiger partial charge < -0.3 is 5.73 Å². The molecule has 0 saturated carbocycles. The molecule has 2 heteroatoms. The first-order valence-electron chi connectivity index (χ1n) is 1.29. The Morgan fingerprint density at radius 2 is 1.40 bits per heavy atom. The first-order chi connectivity index (χ1) is 1.73. The summed E-state index contributed by atoms with van der Waals surface area (Å²) < 4.78 is 0. The van der Waals surface area contributed by atoms with E-state index in [1.807, 2.05) is 13.8 Å². The molecule has 0 aromatic rings. The summed E-state index contributed by atoms with van der Waals surface area (Å²) in [5.74, 6) is 0. The summed E-state index contributed by atoms with van der Waals surface area (Å²) in [6.45, 7) is 3.72. The molecular formula is C3H8CuN. The van der Waals surface area contributed by atoms with Gasteiger partial charge in [0.1, 0.15) is 0 Å². The molecule has 0 spiro atoms. The molecule has 1 nitrogen and oxygen atoms in total. The van der Waals surface area contributed by atoms with Crippen LogP contribution in [0.1, 0.15) is 13.8 Å². The van der Waals surface area contributed by atoms with Crippen molar-refractivity contribution < 1.29 is 17.1 Å². The first-order valence-corrected chi connectivity index (χ1v) is 1.29. The molecule has 5 heavy (non-hydrogen) atoms. The third-order valence-electron chi connectivity index (χ3n) is 0. The van der Waals surface area contributed by atoms with Gasteiger partial charge in [-0.25, -0.2) is 0 Å². The predicted octanol–water partition coefficient (Wildman–Crippen LogP) is 0.514. The molecule has 0 aromatic heterocycles. The Labute approximate surface area is 43.4 Å². The van der Waals surface area contributed by atoms with Crippen molar-refractivity contribution in [1.82, 2.24) is 0 Å². The normalized spacial score (nSPS) is 7.20. The minimum absolute atomic E-state index is 0. The van der Waals surface area contributed by atoms with E-state index in [0.717, 1.165) is 6.04 Å². The van der Waals surface area contributed by atoms with E-state index in [9.17, 15) is 0 Å². The largest absolute Gasteiger partial charge is 1.00 e. The summed E-state index contributed by atoms with van der Waals surface area (Å²) >= 11 is 0. The Morgan fingerprint density at radius 3 is 1.40 bits per heavy atom. The molecule has 36 valence electrons. The van der Waals surface area contributed by atoms with Crippen LogP contribution >= 0.6 is 0 Å². The van der Waals surface area contributed by atoms with Gasteiger partial charge >= 0.3 is 17.1 Å². The van der Waals surface area contributed by atoms with Crippen molar-refractivity contribution in [2.24, 2.45) is 5.73 Å². The van der Waals surface area contributed by atoms with Crippen LogP contribution in [0, 0.1) is 6.04 Å². The Hall–Kier alpha value is 0.479. The van der Waals surface area contributed by atoms with Gasteiger partial charge in [0.15, 0.2) is 0 Å². The van der Waals surface area contributed by atoms with Crippen LogP contribution in [0.25, 0.3) is 0 Å². The summed E-state index contributed by atoms with van der Waals surface area (Å²) in [4.78, 5) is 0. The molecule has 0 aliphatic heterocycles. The zero-order chi connectivity index (χ0) is 3.58. The van der Waals surface area contributed by atoms with Crippen molar-refractivity contribution in [3.05, 3.63) is 6.04 Å². The Bertz CT molecular complexity index is 11.6. The van der Waals surface area contributed by atoms with Gasteiger partial charge in [0.25, 0.3) is 0 Å². The average molecular weight is 122 g/mol. The molecule has 0 bridgehead atoms. The van der Waals surface area contributed by atoms with Gasteiger partial charge in [-0.2, -0.15) is 13.8 Å². The van der Waals surface area contributed by atoms with Crippen molar-refractivity contribution in [3.63, 3.8) is 0 Å². The van der Waals surface area contributed by atoms with E-state index >= 15 is 0 Å². The van der Waals surface area contributed by atoms with Crippen LogP contribution in [-0.2, 0) is 17.1 Å². The van der Waals surface area contributed by atoms with E-state index in [0.29, 0.717) is 0 Å². The van der Waals surface area contributed by atoms with Crippen molar-refractivity contribution in [1.29, 1.82) is 0 Å². The Morgan fingerprint density at radius 1 is 1.40 bits per heavy atom. The summed E-state index contributed by atoms with van der Waals surface area (Å²) in [6.07, 6.45) is 0. The van der Waals surface area contributed by atoms with E-state index in [-0.39, 0.29) is 17.1 Å². The van der Waals surface area contributed by atoms with Crippen LogP contribution in [0.15, 0.2) is 0 Å². The summed E-state index contributed by atoms with van der Waals surface area (Å²) in [5, 5.41) is 0. The standard InChI is InChI=1S/C3H8N.Cu/c1-3(2)4;/h4H2,1-2H3;/q-1;+1. The number of rotatable bonds is 0. The third kappa shape index (κ3) is 120. The fraction of sp³-hybridized carbons (Fsp3) is 0.667. The molecule has 0 fully saturated rings. The SMILES string of the molecule is C[C-](C)N.[Cu+]. The molecule has 0 aliphatic carbocycles. The summed E-state index contributed by atoms with van der Waals surface area (Å²) in [5.41, 5.74) is 5.03. The van der Waals surface area contributed by atoms with Crippen LogP contribution in [0.3, 0.4) is 0 Å². The Kier molecular flexibility index (Phi) is 8.14. The van der Waals surface area contributed by atoms with Crippen molar-refractivity contribution in [2.45, 2.75) is 13.8 Å². The second kappa shape index (κ2) is 4.48. The van der Waals surface area contributed by atoms with E-state index in [2.05, 4.69) is 0 Å². The molecule has 0 heterocycles. The van der Waals surface area contributed by atoms with Gasteiger partial charge in [-0.05, 0) is 0 Å². The monoisotopic (exact) mass is 121 g/mol. The van der Waals surface area contributed by atoms with Crippen LogP contribution in [0.5, 0.6) is 0 Å². The molecule has 0 radical (unpaired) electrons. The molecule has 2 N–H and O–H groups in total. The fourth-order valence-electron chi connectivity index (χ4n) is 0. The van der Waals surface area contributed by atoms with Crippen molar-refractivity contribution in [2.75, 3.05) is 0 Å². The van der Waals surface area contributed by atoms with Gasteiger partial charge in [0.2, 0.25) is 0 Å². The second-order valence-electron chi connectivity index (χ2n) is 1.08.